The van der Waals surface area contributed by atoms with Crippen LogP contribution in [0.15, 0.2) is 42.5 Å². The van der Waals surface area contributed by atoms with Gasteiger partial charge in [0.2, 0.25) is 0 Å². The zero-order chi connectivity index (χ0) is 18.9. The Hall–Kier alpha value is -2.89. The number of amides is 1. The van der Waals surface area contributed by atoms with Crippen molar-refractivity contribution >= 4 is 11.9 Å². The van der Waals surface area contributed by atoms with Gasteiger partial charge in [0.15, 0.2) is 13.2 Å². The Morgan fingerprint density at radius 1 is 1.08 bits per heavy atom. The van der Waals surface area contributed by atoms with Gasteiger partial charge in [-0.15, -0.1) is 0 Å². The van der Waals surface area contributed by atoms with E-state index in [4.69, 9.17) is 9.47 Å². The fraction of sp³-hybridized carbons (Fsp3) is 0.300. The summed E-state index contributed by atoms with van der Waals surface area (Å²) in [7, 11) is 0. The first-order valence-corrected chi connectivity index (χ1v) is 8.31. The second-order valence-corrected chi connectivity index (χ2v) is 5.91. The third-order valence-electron chi connectivity index (χ3n) is 3.71. The Labute approximate surface area is 152 Å². The van der Waals surface area contributed by atoms with Crippen molar-refractivity contribution in [2.75, 3.05) is 19.8 Å². The molecule has 0 aliphatic heterocycles. The van der Waals surface area contributed by atoms with Crippen LogP contribution in [-0.4, -0.2) is 31.6 Å². The smallest absolute Gasteiger partial charge is 0.344 e. The van der Waals surface area contributed by atoms with Crippen molar-refractivity contribution in [3.05, 3.63) is 65.0 Å². The van der Waals surface area contributed by atoms with Crippen molar-refractivity contribution < 1.29 is 23.5 Å². The number of ether oxygens (including phenoxy) is 2. The molecule has 0 aliphatic rings. The van der Waals surface area contributed by atoms with Crippen LogP contribution >= 0.6 is 0 Å². The number of carbonyl (C=O) groups is 2. The maximum atomic E-state index is 13.4. The van der Waals surface area contributed by atoms with Gasteiger partial charge in [0.05, 0.1) is 0 Å². The molecule has 2 rings (SSSR count). The molecule has 0 spiro atoms. The number of aryl methyl sites for hydroxylation is 2. The normalized spacial score (nSPS) is 10.3. The molecule has 26 heavy (non-hydrogen) atoms. The first-order chi connectivity index (χ1) is 12.5. The molecule has 0 saturated carbocycles. The highest BCUT2D eigenvalue weighted by atomic mass is 19.1. The monoisotopic (exact) mass is 359 g/mol. The minimum absolute atomic E-state index is 0.260. The molecule has 0 atom stereocenters. The van der Waals surface area contributed by atoms with Gasteiger partial charge < -0.3 is 14.8 Å². The maximum absolute atomic E-state index is 13.4. The molecule has 5 nitrogen and oxygen atoms in total. The summed E-state index contributed by atoms with van der Waals surface area (Å²) in [5.74, 6) is -0.783. The van der Waals surface area contributed by atoms with Crippen molar-refractivity contribution in [3.63, 3.8) is 0 Å². The second-order valence-electron chi connectivity index (χ2n) is 5.91. The number of carbonyl (C=O) groups excluding carboxylic acids is 2. The lowest BCUT2D eigenvalue weighted by Crippen LogP contribution is -2.31. The van der Waals surface area contributed by atoms with Crippen LogP contribution in [0.4, 0.5) is 4.39 Å². The molecule has 2 aromatic rings. The molecule has 1 amide bonds. The van der Waals surface area contributed by atoms with Gasteiger partial charge >= 0.3 is 5.97 Å². The molecule has 0 aromatic heterocycles. The average molecular weight is 359 g/mol. The summed E-state index contributed by atoms with van der Waals surface area (Å²) >= 11 is 0. The number of rotatable bonds is 8. The Bertz CT molecular complexity index is 776. The molecule has 0 unspecified atom stereocenters. The number of benzene rings is 2. The molecule has 0 saturated heterocycles. The average Bonchev–Trinajstić information content (AvgIpc) is 2.61. The summed E-state index contributed by atoms with van der Waals surface area (Å²) < 4.78 is 23.7. The molecule has 0 heterocycles. The van der Waals surface area contributed by atoms with E-state index in [2.05, 4.69) is 5.32 Å². The van der Waals surface area contributed by atoms with Crippen LogP contribution < -0.4 is 10.1 Å². The molecule has 0 radical (unpaired) electrons. The van der Waals surface area contributed by atoms with Gasteiger partial charge in [-0.25, -0.2) is 9.18 Å². The molecule has 2 aromatic carbocycles. The molecular weight excluding hydrogens is 337 g/mol. The van der Waals surface area contributed by atoms with E-state index in [0.717, 1.165) is 11.1 Å². The van der Waals surface area contributed by atoms with Crippen LogP contribution in [0.1, 0.15) is 16.7 Å². The fourth-order valence-corrected chi connectivity index (χ4v) is 2.37. The van der Waals surface area contributed by atoms with Crippen molar-refractivity contribution in [1.82, 2.24) is 5.32 Å². The molecule has 1 N–H and O–H groups in total. The van der Waals surface area contributed by atoms with Gasteiger partial charge in [-0.3, -0.25) is 4.79 Å². The summed E-state index contributed by atoms with van der Waals surface area (Å²) in [6.07, 6.45) is 0.363. The minimum atomic E-state index is -0.630. The number of esters is 1. The zero-order valence-electron chi connectivity index (χ0n) is 14.9. The van der Waals surface area contributed by atoms with Crippen molar-refractivity contribution in [2.24, 2.45) is 0 Å². The van der Waals surface area contributed by atoms with Crippen LogP contribution in [0.25, 0.3) is 0 Å². The third kappa shape index (κ3) is 6.20. The van der Waals surface area contributed by atoms with E-state index in [1.165, 1.54) is 6.07 Å². The van der Waals surface area contributed by atoms with Crippen molar-refractivity contribution in [1.29, 1.82) is 0 Å². The van der Waals surface area contributed by atoms with Gasteiger partial charge in [0.1, 0.15) is 11.6 Å². The minimum Gasteiger partial charge on any atom is -0.482 e. The molecule has 0 aliphatic carbocycles. The third-order valence-corrected chi connectivity index (χ3v) is 3.71. The zero-order valence-corrected chi connectivity index (χ0v) is 14.9. The van der Waals surface area contributed by atoms with E-state index in [-0.39, 0.29) is 19.0 Å². The van der Waals surface area contributed by atoms with E-state index in [9.17, 15) is 14.0 Å². The second kappa shape index (κ2) is 9.56. The van der Waals surface area contributed by atoms with Gasteiger partial charge in [-0.2, -0.15) is 0 Å². The van der Waals surface area contributed by atoms with E-state index in [1.54, 1.807) is 24.3 Å². The van der Waals surface area contributed by atoms with E-state index < -0.39 is 18.5 Å². The molecule has 0 fully saturated rings. The lowest BCUT2D eigenvalue weighted by molar-refractivity contribution is -0.150. The topological polar surface area (TPSA) is 64.6 Å². The number of hydrogen-bond donors (Lipinski definition) is 1. The highest BCUT2D eigenvalue weighted by Gasteiger charge is 2.10. The SMILES string of the molecule is Cc1ccc(OCC(=O)OCC(=O)NCCc2ccccc2F)c(C)c1. The summed E-state index contributed by atoms with van der Waals surface area (Å²) in [6.45, 7) is 3.45. The summed E-state index contributed by atoms with van der Waals surface area (Å²) in [5, 5.41) is 2.58. The Morgan fingerprint density at radius 2 is 1.85 bits per heavy atom. The molecule has 138 valence electrons. The largest absolute Gasteiger partial charge is 0.482 e. The van der Waals surface area contributed by atoms with Gasteiger partial charge in [0, 0.05) is 6.54 Å². The van der Waals surface area contributed by atoms with Gasteiger partial charge in [-0.1, -0.05) is 35.9 Å². The summed E-state index contributed by atoms with van der Waals surface area (Å²) in [4.78, 5) is 23.3. The van der Waals surface area contributed by atoms with Crippen molar-refractivity contribution in [2.45, 2.75) is 20.3 Å². The van der Waals surface area contributed by atoms with Crippen LogP contribution in [0.5, 0.6) is 5.75 Å². The first-order valence-electron chi connectivity index (χ1n) is 8.31. The molecule has 6 heteroatoms. The Kier molecular flexibility index (Phi) is 7.14. The van der Waals surface area contributed by atoms with E-state index in [1.807, 2.05) is 26.0 Å². The van der Waals surface area contributed by atoms with Crippen molar-refractivity contribution in [3.8, 4) is 5.75 Å². The van der Waals surface area contributed by atoms with E-state index in [0.29, 0.717) is 17.7 Å². The summed E-state index contributed by atoms with van der Waals surface area (Å²) in [6, 6.07) is 12.0. The predicted molar refractivity (Wildman–Crippen MR) is 95.5 cm³/mol. The van der Waals surface area contributed by atoms with Crippen LogP contribution in [-0.2, 0) is 20.7 Å². The highest BCUT2D eigenvalue weighted by Crippen LogP contribution is 2.18. The van der Waals surface area contributed by atoms with Crippen LogP contribution in [0, 0.1) is 19.7 Å². The Morgan fingerprint density at radius 3 is 2.58 bits per heavy atom. The quantitative estimate of drug-likeness (QED) is 0.736. The molecule has 0 bridgehead atoms. The highest BCUT2D eigenvalue weighted by molar-refractivity contribution is 5.80. The number of halogens is 1. The standard InChI is InChI=1S/C20H22FNO4/c1-14-7-8-18(15(2)11-14)25-13-20(24)26-12-19(23)22-10-9-16-5-3-4-6-17(16)21/h3-8,11H,9-10,12-13H2,1-2H3,(H,22,23). The van der Waals surface area contributed by atoms with Gasteiger partial charge in [-0.05, 0) is 43.5 Å². The van der Waals surface area contributed by atoms with Crippen LogP contribution in [0.2, 0.25) is 0 Å². The fourth-order valence-electron chi connectivity index (χ4n) is 2.37. The Balaban J connectivity index is 1.65. The number of nitrogens with one attached hydrogen (secondary N) is 1. The lowest BCUT2D eigenvalue weighted by Gasteiger charge is -2.10. The maximum Gasteiger partial charge on any atom is 0.344 e. The lowest BCUT2D eigenvalue weighted by atomic mass is 10.1. The van der Waals surface area contributed by atoms with Crippen LogP contribution in [0.3, 0.4) is 0 Å². The molecular formula is C20H22FNO4. The predicted octanol–water partition coefficient (Wildman–Crippen LogP) is 2.72. The number of hydrogen-bond acceptors (Lipinski definition) is 4. The van der Waals surface area contributed by atoms with Gasteiger partial charge in [0.25, 0.3) is 5.91 Å². The van der Waals surface area contributed by atoms with E-state index >= 15 is 0 Å². The summed E-state index contributed by atoms with van der Waals surface area (Å²) in [5.41, 5.74) is 2.54. The first kappa shape index (κ1) is 19.4.